The van der Waals surface area contributed by atoms with Crippen LogP contribution in [0.4, 0.5) is 11.5 Å². The minimum atomic E-state index is -0.238. The van der Waals surface area contributed by atoms with Gasteiger partial charge in [-0.3, -0.25) is 4.79 Å². The summed E-state index contributed by atoms with van der Waals surface area (Å²) >= 11 is 0. The molecule has 1 N–H and O–H groups in total. The molecule has 150 valence electrons. The maximum Gasteiger partial charge on any atom is 0.262 e. The van der Waals surface area contributed by atoms with Crippen LogP contribution in [0.2, 0.25) is 0 Å². The fourth-order valence-electron chi connectivity index (χ4n) is 3.43. The summed E-state index contributed by atoms with van der Waals surface area (Å²) in [6.45, 7) is 6.52. The van der Waals surface area contributed by atoms with Gasteiger partial charge in [-0.2, -0.15) is 0 Å². The summed E-state index contributed by atoms with van der Waals surface area (Å²) in [5.74, 6) is 0.769. The van der Waals surface area contributed by atoms with E-state index in [1.807, 2.05) is 50.2 Å². The van der Waals surface area contributed by atoms with Crippen LogP contribution in [0, 0.1) is 13.8 Å². The number of amides is 1. The first-order valence-electron chi connectivity index (χ1n) is 9.69. The molecule has 7 heteroatoms. The van der Waals surface area contributed by atoms with E-state index < -0.39 is 0 Å². The normalized spacial score (nSPS) is 14.1. The second-order valence-electron chi connectivity index (χ2n) is 7.15. The van der Waals surface area contributed by atoms with Crippen LogP contribution in [0.5, 0.6) is 5.88 Å². The van der Waals surface area contributed by atoms with E-state index in [9.17, 15) is 4.79 Å². The molecule has 2 aromatic carbocycles. The minimum Gasteiger partial charge on any atom is -0.465 e. The average molecular weight is 392 g/mol. The Bertz CT molecular complexity index is 1010. The third kappa shape index (κ3) is 4.63. The number of benzene rings is 2. The third-order valence-corrected chi connectivity index (χ3v) is 4.68. The van der Waals surface area contributed by atoms with Crippen molar-refractivity contribution in [2.75, 3.05) is 43.1 Å². The van der Waals surface area contributed by atoms with Crippen molar-refractivity contribution < 1.29 is 14.3 Å². The van der Waals surface area contributed by atoms with E-state index in [1.165, 1.54) is 0 Å². The molecule has 7 nitrogen and oxygen atoms in total. The van der Waals surface area contributed by atoms with Crippen molar-refractivity contribution in [3.63, 3.8) is 0 Å². The molecular weight excluding hydrogens is 368 g/mol. The van der Waals surface area contributed by atoms with Crippen LogP contribution in [0.15, 0.2) is 42.5 Å². The fourth-order valence-corrected chi connectivity index (χ4v) is 3.43. The maximum absolute atomic E-state index is 12.4. The summed E-state index contributed by atoms with van der Waals surface area (Å²) in [7, 11) is 0. The lowest BCUT2D eigenvalue weighted by atomic mass is 10.1. The molecule has 4 rings (SSSR count). The van der Waals surface area contributed by atoms with E-state index >= 15 is 0 Å². The van der Waals surface area contributed by atoms with Crippen LogP contribution in [-0.4, -0.2) is 48.8 Å². The third-order valence-electron chi connectivity index (χ3n) is 4.68. The number of aromatic nitrogens is 2. The van der Waals surface area contributed by atoms with Crippen molar-refractivity contribution in [3.8, 4) is 5.88 Å². The molecule has 0 unspecified atom stereocenters. The van der Waals surface area contributed by atoms with Crippen molar-refractivity contribution in [3.05, 3.63) is 53.6 Å². The lowest BCUT2D eigenvalue weighted by Gasteiger charge is -2.28. The fraction of sp³-hybridized carbons (Fsp3) is 0.318. The van der Waals surface area contributed by atoms with Gasteiger partial charge in [-0.05, 0) is 49.2 Å². The topological polar surface area (TPSA) is 76.6 Å². The number of morpholine rings is 1. The number of nitrogens with zero attached hydrogens (tertiary/aromatic N) is 3. The van der Waals surface area contributed by atoms with E-state index in [0.717, 1.165) is 27.8 Å². The van der Waals surface area contributed by atoms with E-state index in [0.29, 0.717) is 38.0 Å². The summed E-state index contributed by atoms with van der Waals surface area (Å²) in [6.07, 6.45) is 0. The summed E-state index contributed by atoms with van der Waals surface area (Å²) in [5, 5.41) is 2.88. The number of hydrogen-bond donors (Lipinski definition) is 1. The van der Waals surface area contributed by atoms with Gasteiger partial charge in [0.2, 0.25) is 0 Å². The number of carbonyl (C=O) groups is 1. The van der Waals surface area contributed by atoms with Crippen LogP contribution in [0.25, 0.3) is 11.0 Å². The van der Waals surface area contributed by atoms with Gasteiger partial charge in [0.1, 0.15) is 0 Å². The molecule has 0 spiro atoms. The highest BCUT2D eigenvalue weighted by Gasteiger charge is 2.20. The quantitative estimate of drug-likeness (QED) is 0.719. The van der Waals surface area contributed by atoms with Crippen LogP contribution < -0.4 is 15.0 Å². The van der Waals surface area contributed by atoms with Crippen LogP contribution in [0.1, 0.15) is 11.1 Å². The molecule has 2 heterocycles. The van der Waals surface area contributed by atoms with E-state index in [1.54, 1.807) is 0 Å². The van der Waals surface area contributed by atoms with E-state index in [2.05, 4.69) is 21.3 Å². The van der Waals surface area contributed by atoms with Gasteiger partial charge in [-0.25, -0.2) is 9.97 Å². The highest BCUT2D eigenvalue weighted by atomic mass is 16.5. The number of anilines is 2. The molecule has 1 fully saturated rings. The Kier molecular flexibility index (Phi) is 5.57. The smallest absolute Gasteiger partial charge is 0.262 e. The molecule has 1 amide bonds. The maximum atomic E-state index is 12.4. The van der Waals surface area contributed by atoms with Crippen molar-refractivity contribution >= 4 is 28.4 Å². The van der Waals surface area contributed by atoms with E-state index in [4.69, 9.17) is 14.5 Å². The zero-order valence-corrected chi connectivity index (χ0v) is 16.6. The molecule has 0 saturated carbocycles. The molecule has 0 bridgehead atoms. The number of aryl methyl sites for hydroxylation is 2. The van der Waals surface area contributed by atoms with Gasteiger partial charge in [0.25, 0.3) is 11.8 Å². The van der Waals surface area contributed by atoms with Gasteiger partial charge >= 0.3 is 0 Å². The molecule has 0 atom stereocenters. The standard InChI is InChI=1S/C22H24N4O3/c1-15-11-16(2)13-17(12-15)23-20(27)14-29-22-21(26-7-9-28-10-8-26)24-18-5-3-4-6-19(18)25-22/h3-6,11-13H,7-10,14H2,1-2H3,(H,23,27). The largest absolute Gasteiger partial charge is 0.465 e. The number of para-hydroxylation sites is 2. The van der Waals surface area contributed by atoms with Crippen molar-refractivity contribution in [1.29, 1.82) is 0 Å². The van der Waals surface area contributed by atoms with Crippen molar-refractivity contribution in [2.24, 2.45) is 0 Å². The second kappa shape index (κ2) is 8.45. The van der Waals surface area contributed by atoms with Gasteiger partial charge in [0.05, 0.1) is 24.2 Å². The SMILES string of the molecule is Cc1cc(C)cc(NC(=O)COc2nc3ccccc3nc2N2CCOCC2)c1. The highest BCUT2D eigenvalue weighted by molar-refractivity contribution is 5.92. The Morgan fingerprint density at radius 2 is 1.72 bits per heavy atom. The molecule has 0 radical (unpaired) electrons. The Labute approximate surface area is 169 Å². The number of rotatable bonds is 5. The Balaban J connectivity index is 1.53. The summed E-state index contributed by atoms with van der Waals surface area (Å²) in [5.41, 5.74) is 4.47. The van der Waals surface area contributed by atoms with Gasteiger partial charge in [0, 0.05) is 18.8 Å². The molecule has 0 aliphatic carbocycles. The molecule has 29 heavy (non-hydrogen) atoms. The Morgan fingerprint density at radius 3 is 2.41 bits per heavy atom. The van der Waals surface area contributed by atoms with E-state index in [-0.39, 0.29) is 12.5 Å². The number of carbonyl (C=O) groups excluding carboxylic acids is 1. The lowest BCUT2D eigenvalue weighted by molar-refractivity contribution is -0.118. The number of nitrogens with one attached hydrogen (secondary N) is 1. The zero-order chi connectivity index (χ0) is 20.2. The summed E-state index contributed by atoms with van der Waals surface area (Å²) in [4.78, 5) is 23.9. The summed E-state index contributed by atoms with van der Waals surface area (Å²) in [6, 6.07) is 13.6. The minimum absolute atomic E-state index is 0.142. The molecule has 1 saturated heterocycles. The van der Waals surface area contributed by atoms with Gasteiger partial charge in [-0.1, -0.05) is 18.2 Å². The Hall–Kier alpha value is -3.19. The molecular formula is C22H24N4O3. The van der Waals surface area contributed by atoms with Gasteiger partial charge < -0.3 is 19.7 Å². The monoisotopic (exact) mass is 392 g/mol. The predicted octanol–water partition coefficient (Wildman–Crippen LogP) is 3.10. The van der Waals surface area contributed by atoms with Crippen LogP contribution in [0.3, 0.4) is 0 Å². The first-order chi connectivity index (χ1) is 14.1. The average Bonchev–Trinajstić information content (AvgIpc) is 2.71. The first kappa shape index (κ1) is 19.1. The molecule has 1 aliphatic heterocycles. The second-order valence-corrected chi connectivity index (χ2v) is 7.15. The first-order valence-corrected chi connectivity index (χ1v) is 9.69. The number of hydrogen-bond acceptors (Lipinski definition) is 6. The van der Waals surface area contributed by atoms with Crippen molar-refractivity contribution in [2.45, 2.75) is 13.8 Å². The molecule has 3 aromatic rings. The number of ether oxygens (including phenoxy) is 2. The lowest BCUT2D eigenvalue weighted by Crippen LogP contribution is -2.37. The molecule has 1 aliphatic rings. The highest BCUT2D eigenvalue weighted by Crippen LogP contribution is 2.27. The van der Waals surface area contributed by atoms with Crippen molar-refractivity contribution in [1.82, 2.24) is 9.97 Å². The van der Waals surface area contributed by atoms with Crippen LogP contribution in [-0.2, 0) is 9.53 Å². The Morgan fingerprint density at radius 1 is 1.07 bits per heavy atom. The van der Waals surface area contributed by atoms with Gasteiger partial charge in [-0.15, -0.1) is 0 Å². The number of fused-ring (bicyclic) bond motifs is 1. The van der Waals surface area contributed by atoms with Crippen LogP contribution >= 0.6 is 0 Å². The van der Waals surface area contributed by atoms with Gasteiger partial charge in [0.15, 0.2) is 12.4 Å². The zero-order valence-electron chi connectivity index (χ0n) is 16.6. The predicted molar refractivity (Wildman–Crippen MR) is 113 cm³/mol. The summed E-state index contributed by atoms with van der Waals surface area (Å²) < 4.78 is 11.3. The molecule has 1 aromatic heterocycles.